The van der Waals surface area contributed by atoms with E-state index in [1.165, 1.54) is 18.7 Å². The van der Waals surface area contributed by atoms with Gasteiger partial charge in [0.1, 0.15) is 0 Å². The molecule has 2 amide bonds. The third kappa shape index (κ3) is 4.90. The largest absolute Gasteiger partial charge is 0.329 e. The van der Waals surface area contributed by atoms with Gasteiger partial charge in [-0.25, -0.2) is 4.98 Å². The highest BCUT2D eigenvalue weighted by Gasteiger charge is 2.13. The van der Waals surface area contributed by atoms with E-state index in [9.17, 15) is 9.59 Å². The van der Waals surface area contributed by atoms with Crippen LogP contribution >= 0.6 is 23.4 Å². The third-order valence-corrected chi connectivity index (χ3v) is 5.00. The Morgan fingerprint density at radius 2 is 1.96 bits per heavy atom. The maximum atomic E-state index is 12.7. The number of anilines is 2. The SMILES string of the molecule is CC(=O)Nc1cccc(C(=O)Nc2cc(Cl)ccc2Sc2nccn2C)c1. The number of nitrogens with one attached hydrogen (secondary N) is 2. The molecule has 3 aromatic rings. The average Bonchev–Trinajstić information content (AvgIpc) is 3.02. The highest BCUT2D eigenvalue weighted by Crippen LogP contribution is 2.34. The van der Waals surface area contributed by atoms with E-state index in [1.807, 2.05) is 23.9 Å². The number of carbonyl (C=O) groups excluding carboxylic acids is 2. The monoisotopic (exact) mass is 400 g/mol. The second-order valence-corrected chi connectivity index (χ2v) is 7.22. The molecule has 8 heteroatoms. The van der Waals surface area contributed by atoms with Gasteiger partial charge >= 0.3 is 0 Å². The number of benzene rings is 2. The van der Waals surface area contributed by atoms with Crippen molar-refractivity contribution >= 4 is 46.6 Å². The minimum Gasteiger partial charge on any atom is -0.329 e. The average molecular weight is 401 g/mol. The van der Waals surface area contributed by atoms with Crippen LogP contribution in [0.3, 0.4) is 0 Å². The van der Waals surface area contributed by atoms with Crippen LogP contribution in [-0.4, -0.2) is 21.4 Å². The van der Waals surface area contributed by atoms with Crippen LogP contribution in [0.25, 0.3) is 0 Å². The number of hydrogen-bond acceptors (Lipinski definition) is 4. The van der Waals surface area contributed by atoms with Gasteiger partial charge in [-0.15, -0.1) is 0 Å². The Bertz CT molecular complexity index is 1000. The van der Waals surface area contributed by atoms with Gasteiger partial charge in [0.05, 0.1) is 5.69 Å². The van der Waals surface area contributed by atoms with Crippen molar-refractivity contribution in [1.29, 1.82) is 0 Å². The zero-order valence-corrected chi connectivity index (χ0v) is 16.3. The summed E-state index contributed by atoms with van der Waals surface area (Å²) in [5.74, 6) is -0.498. The van der Waals surface area contributed by atoms with E-state index in [2.05, 4.69) is 15.6 Å². The lowest BCUT2D eigenvalue weighted by atomic mass is 10.2. The molecule has 0 radical (unpaired) electrons. The molecule has 0 aliphatic rings. The summed E-state index contributed by atoms with van der Waals surface area (Å²) in [6.07, 6.45) is 3.56. The molecule has 0 saturated carbocycles. The van der Waals surface area contributed by atoms with Gasteiger partial charge in [-0.2, -0.15) is 0 Å². The highest BCUT2D eigenvalue weighted by molar-refractivity contribution is 7.99. The zero-order chi connectivity index (χ0) is 19.4. The molecule has 0 fully saturated rings. The molecule has 1 aromatic heterocycles. The number of rotatable bonds is 5. The number of carbonyl (C=O) groups is 2. The van der Waals surface area contributed by atoms with Crippen LogP contribution in [0.2, 0.25) is 5.02 Å². The van der Waals surface area contributed by atoms with Crippen LogP contribution in [0, 0.1) is 0 Å². The van der Waals surface area contributed by atoms with Crippen LogP contribution in [0.5, 0.6) is 0 Å². The van der Waals surface area contributed by atoms with E-state index >= 15 is 0 Å². The standard InChI is InChI=1S/C19H17ClN4O2S/c1-12(25)22-15-5-3-4-13(10-15)18(26)23-16-11-14(20)6-7-17(16)27-19-21-8-9-24(19)2/h3-11H,1-2H3,(H,22,25)(H,23,26). The van der Waals surface area contributed by atoms with Gasteiger partial charge in [-0.1, -0.05) is 17.7 Å². The normalized spacial score (nSPS) is 10.5. The molecule has 2 aromatic carbocycles. The summed E-state index contributed by atoms with van der Waals surface area (Å²) in [6.45, 7) is 1.42. The first-order chi connectivity index (χ1) is 12.9. The number of aryl methyl sites for hydroxylation is 1. The lowest BCUT2D eigenvalue weighted by Gasteiger charge is -2.12. The van der Waals surface area contributed by atoms with Crippen molar-refractivity contribution in [3.63, 3.8) is 0 Å². The van der Waals surface area contributed by atoms with Crippen LogP contribution in [-0.2, 0) is 11.8 Å². The molecule has 6 nitrogen and oxygen atoms in total. The van der Waals surface area contributed by atoms with Gasteiger partial charge in [0.2, 0.25) is 5.91 Å². The maximum Gasteiger partial charge on any atom is 0.255 e. The Labute approximate surface area is 165 Å². The van der Waals surface area contributed by atoms with Gasteiger partial charge in [-0.3, -0.25) is 9.59 Å². The van der Waals surface area contributed by atoms with Crippen molar-refractivity contribution in [2.45, 2.75) is 17.0 Å². The van der Waals surface area contributed by atoms with Crippen molar-refractivity contribution in [2.24, 2.45) is 7.05 Å². The molecule has 0 bridgehead atoms. The molecule has 27 heavy (non-hydrogen) atoms. The topological polar surface area (TPSA) is 76.0 Å². The first-order valence-electron chi connectivity index (χ1n) is 8.06. The Balaban J connectivity index is 1.84. The van der Waals surface area contributed by atoms with Crippen molar-refractivity contribution in [2.75, 3.05) is 10.6 Å². The first kappa shape index (κ1) is 19.0. The summed E-state index contributed by atoms with van der Waals surface area (Å²) >= 11 is 7.54. The summed E-state index contributed by atoms with van der Waals surface area (Å²) in [7, 11) is 1.90. The summed E-state index contributed by atoms with van der Waals surface area (Å²) in [6, 6.07) is 12.0. The van der Waals surface area contributed by atoms with E-state index in [-0.39, 0.29) is 11.8 Å². The van der Waals surface area contributed by atoms with Crippen molar-refractivity contribution in [1.82, 2.24) is 9.55 Å². The second-order valence-electron chi connectivity index (χ2n) is 5.78. The third-order valence-electron chi connectivity index (χ3n) is 3.61. The quantitative estimate of drug-likeness (QED) is 0.664. The molecule has 0 saturated heterocycles. The fourth-order valence-electron chi connectivity index (χ4n) is 2.37. The summed E-state index contributed by atoms with van der Waals surface area (Å²) in [5.41, 5.74) is 1.57. The lowest BCUT2D eigenvalue weighted by Crippen LogP contribution is -2.13. The zero-order valence-electron chi connectivity index (χ0n) is 14.7. The van der Waals surface area contributed by atoms with Gasteiger partial charge in [0, 0.05) is 47.5 Å². The molecule has 3 rings (SSSR count). The molecule has 0 unspecified atom stereocenters. The molecule has 138 valence electrons. The first-order valence-corrected chi connectivity index (χ1v) is 9.25. The van der Waals surface area contributed by atoms with Crippen LogP contribution in [0.15, 0.2) is 64.9 Å². The molecule has 0 atom stereocenters. The van der Waals surface area contributed by atoms with E-state index in [4.69, 9.17) is 11.6 Å². The fourth-order valence-corrected chi connectivity index (χ4v) is 3.42. The van der Waals surface area contributed by atoms with E-state index < -0.39 is 0 Å². The Morgan fingerprint density at radius 1 is 1.15 bits per heavy atom. The molecule has 1 heterocycles. The smallest absolute Gasteiger partial charge is 0.255 e. The molecule has 2 N–H and O–H groups in total. The van der Waals surface area contributed by atoms with Crippen LogP contribution in [0.4, 0.5) is 11.4 Å². The van der Waals surface area contributed by atoms with E-state index in [0.29, 0.717) is 22.0 Å². The summed E-state index contributed by atoms with van der Waals surface area (Å²) in [4.78, 5) is 29.0. The Kier molecular flexibility index (Phi) is 5.83. The van der Waals surface area contributed by atoms with E-state index in [1.54, 1.807) is 42.6 Å². The Morgan fingerprint density at radius 3 is 2.67 bits per heavy atom. The number of hydrogen-bond donors (Lipinski definition) is 2. The lowest BCUT2D eigenvalue weighted by molar-refractivity contribution is -0.114. The van der Waals surface area contributed by atoms with Gasteiger partial charge in [0.25, 0.3) is 5.91 Å². The molecular weight excluding hydrogens is 384 g/mol. The fraction of sp³-hybridized carbons (Fsp3) is 0.105. The van der Waals surface area contributed by atoms with Gasteiger partial charge < -0.3 is 15.2 Å². The molecular formula is C19H17ClN4O2S. The van der Waals surface area contributed by atoms with Crippen LogP contribution < -0.4 is 10.6 Å². The van der Waals surface area contributed by atoms with Gasteiger partial charge in [-0.05, 0) is 48.2 Å². The minimum atomic E-state index is -0.300. The Hall–Kier alpha value is -2.77. The number of imidazole rings is 1. The molecule has 0 aliphatic carbocycles. The molecule has 0 aliphatic heterocycles. The van der Waals surface area contributed by atoms with E-state index in [0.717, 1.165) is 10.1 Å². The predicted octanol–water partition coefficient (Wildman–Crippen LogP) is 4.44. The predicted molar refractivity (Wildman–Crippen MR) is 107 cm³/mol. The summed E-state index contributed by atoms with van der Waals surface area (Å²) < 4.78 is 1.89. The van der Waals surface area contributed by atoms with Gasteiger partial charge in [0.15, 0.2) is 5.16 Å². The van der Waals surface area contributed by atoms with Crippen molar-refractivity contribution in [3.05, 3.63) is 65.4 Å². The highest BCUT2D eigenvalue weighted by atomic mass is 35.5. The number of nitrogens with zero attached hydrogens (tertiary/aromatic N) is 2. The molecule has 0 spiro atoms. The number of aromatic nitrogens is 2. The summed E-state index contributed by atoms with van der Waals surface area (Å²) in [5, 5.41) is 6.86. The maximum absolute atomic E-state index is 12.7. The number of halogens is 1. The van der Waals surface area contributed by atoms with Crippen molar-refractivity contribution in [3.8, 4) is 0 Å². The number of amides is 2. The minimum absolute atomic E-state index is 0.198. The van der Waals surface area contributed by atoms with Crippen LogP contribution in [0.1, 0.15) is 17.3 Å². The second kappa shape index (κ2) is 8.28. The van der Waals surface area contributed by atoms with Crippen molar-refractivity contribution < 1.29 is 9.59 Å².